The number of carboxylic acid groups (broad SMARTS) is 1. The van der Waals surface area contributed by atoms with Crippen LogP contribution in [-0.2, 0) is 12.8 Å². The molecule has 0 spiro atoms. The fourth-order valence-corrected chi connectivity index (χ4v) is 2.44. The van der Waals surface area contributed by atoms with Crippen LogP contribution in [0.15, 0.2) is 0 Å². The molecular weight excluding hydrogens is 242 g/mol. The predicted octanol–water partition coefficient (Wildman–Crippen LogP) is 2.37. The van der Waals surface area contributed by atoms with Crippen LogP contribution in [0.25, 0.3) is 0 Å². The molecule has 104 valence electrons. The van der Waals surface area contributed by atoms with Crippen molar-refractivity contribution in [2.24, 2.45) is 11.8 Å². The molecule has 19 heavy (non-hydrogen) atoms. The standard InChI is InChI=1S/C14H21N3O2/c1-4-10-11(5-2)16-17-13(12(10)14(18)19)15-7-9-6-8(9)3/h8-9H,4-7H2,1-3H3,(H,15,17)(H,18,19). The number of nitrogens with one attached hydrogen (secondary N) is 1. The van der Waals surface area contributed by atoms with E-state index < -0.39 is 5.97 Å². The average molecular weight is 263 g/mol. The summed E-state index contributed by atoms with van der Waals surface area (Å²) in [5.41, 5.74) is 1.88. The number of aryl methyl sites for hydroxylation is 1. The highest BCUT2D eigenvalue weighted by atomic mass is 16.4. The molecule has 0 radical (unpaired) electrons. The molecule has 5 heteroatoms. The molecule has 2 rings (SSSR count). The van der Waals surface area contributed by atoms with Crippen LogP contribution >= 0.6 is 0 Å². The number of anilines is 1. The van der Waals surface area contributed by atoms with E-state index in [1.165, 1.54) is 6.42 Å². The van der Waals surface area contributed by atoms with Gasteiger partial charge in [0.25, 0.3) is 0 Å². The Morgan fingerprint density at radius 1 is 1.37 bits per heavy atom. The van der Waals surface area contributed by atoms with E-state index in [2.05, 4.69) is 22.4 Å². The number of hydrogen-bond donors (Lipinski definition) is 2. The van der Waals surface area contributed by atoms with Crippen LogP contribution in [0.1, 0.15) is 48.8 Å². The SMILES string of the molecule is CCc1nnc(NCC2CC2C)c(C(=O)O)c1CC. The molecule has 2 unspecified atom stereocenters. The maximum absolute atomic E-state index is 11.5. The summed E-state index contributed by atoms with van der Waals surface area (Å²) in [5.74, 6) is 0.863. The monoisotopic (exact) mass is 263 g/mol. The molecule has 1 heterocycles. The van der Waals surface area contributed by atoms with Crippen LogP contribution in [0, 0.1) is 11.8 Å². The highest BCUT2D eigenvalue weighted by Crippen LogP contribution is 2.37. The minimum absolute atomic E-state index is 0.294. The highest BCUT2D eigenvalue weighted by Gasteiger charge is 2.32. The van der Waals surface area contributed by atoms with Crippen molar-refractivity contribution in [3.8, 4) is 0 Å². The van der Waals surface area contributed by atoms with E-state index in [9.17, 15) is 9.90 Å². The molecule has 1 fully saturated rings. The summed E-state index contributed by atoms with van der Waals surface area (Å²) in [7, 11) is 0. The number of carboxylic acids is 1. The van der Waals surface area contributed by atoms with Crippen LogP contribution in [0.4, 0.5) is 5.82 Å². The summed E-state index contributed by atoms with van der Waals surface area (Å²) in [4.78, 5) is 11.5. The topological polar surface area (TPSA) is 75.1 Å². The van der Waals surface area contributed by atoms with Gasteiger partial charge in [0.15, 0.2) is 5.82 Å². The van der Waals surface area contributed by atoms with E-state index in [4.69, 9.17) is 0 Å². The average Bonchev–Trinajstić information content (AvgIpc) is 3.10. The lowest BCUT2D eigenvalue weighted by Gasteiger charge is -2.13. The molecule has 2 N–H and O–H groups in total. The molecule has 0 bridgehead atoms. The summed E-state index contributed by atoms with van der Waals surface area (Å²) in [6.45, 7) is 6.90. The lowest BCUT2D eigenvalue weighted by Crippen LogP contribution is -2.16. The van der Waals surface area contributed by atoms with Crippen LogP contribution in [0.3, 0.4) is 0 Å². The Hall–Kier alpha value is -1.65. The van der Waals surface area contributed by atoms with E-state index in [1.54, 1.807) is 0 Å². The van der Waals surface area contributed by atoms with Crippen LogP contribution in [-0.4, -0.2) is 27.8 Å². The minimum Gasteiger partial charge on any atom is -0.478 e. The summed E-state index contributed by atoms with van der Waals surface area (Å²) in [6, 6.07) is 0. The number of nitrogens with zero attached hydrogens (tertiary/aromatic N) is 2. The van der Waals surface area contributed by atoms with Gasteiger partial charge >= 0.3 is 5.97 Å². The molecule has 0 amide bonds. The number of hydrogen-bond acceptors (Lipinski definition) is 4. The molecule has 2 atom stereocenters. The van der Waals surface area contributed by atoms with E-state index in [-0.39, 0.29) is 0 Å². The molecule has 0 aliphatic heterocycles. The zero-order valence-corrected chi connectivity index (χ0v) is 11.7. The zero-order chi connectivity index (χ0) is 14.0. The maximum atomic E-state index is 11.5. The van der Waals surface area contributed by atoms with Crippen LogP contribution in [0.5, 0.6) is 0 Å². The maximum Gasteiger partial charge on any atom is 0.339 e. The van der Waals surface area contributed by atoms with Gasteiger partial charge in [-0.2, -0.15) is 5.10 Å². The van der Waals surface area contributed by atoms with Crippen molar-refractivity contribution in [1.82, 2.24) is 10.2 Å². The van der Waals surface area contributed by atoms with Crippen molar-refractivity contribution < 1.29 is 9.90 Å². The van der Waals surface area contributed by atoms with Gasteiger partial charge in [0.05, 0.1) is 5.69 Å². The largest absolute Gasteiger partial charge is 0.478 e. The molecule has 1 aliphatic rings. The van der Waals surface area contributed by atoms with E-state index >= 15 is 0 Å². The molecular formula is C14H21N3O2. The first-order chi connectivity index (χ1) is 9.08. The quantitative estimate of drug-likeness (QED) is 0.824. The van der Waals surface area contributed by atoms with Crippen molar-refractivity contribution >= 4 is 11.8 Å². The van der Waals surface area contributed by atoms with Gasteiger partial charge in [-0.25, -0.2) is 4.79 Å². The third-order valence-corrected chi connectivity index (χ3v) is 3.87. The lowest BCUT2D eigenvalue weighted by atomic mass is 10.0. The molecule has 1 saturated carbocycles. The first-order valence-electron chi connectivity index (χ1n) is 6.94. The van der Waals surface area contributed by atoms with E-state index in [0.29, 0.717) is 30.1 Å². The number of aromatic nitrogens is 2. The third kappa shape index (κ3) is 2.85. The molecule has 1 aromatic heterocycles. The molecule has 1 aliphatic carbocycles. The van der Waals surface area contributed by atoms with Gasteiger partial charge in [-0.05, 0) is 36.7 Å². The number of carbonyl (C=O) groups is 1. The fourth-order valence-electron chi connectivity index (χ4n) is 2.44. The highest BCUT2D eigenvalue weighted by molar-refractivity contribution is 5.95. The Morgan fingerprint density at radius 3 is 2.53 bits per heavy atom. The van der Waals surface area contributed by atoms with Gasteiger partial charge in [0.2, 0.25) is 0 Å². The fraction of sp³-hybridized carbons (Fsp3) is 0.643. The molecule has 0 saturated heterocycles. The normalized spacial score (nSPS) is 21.2. The van der Waals surface area contributed by atoms with Crippen molar-refractivity contribution in [3.63, 3.8) is 0 Å². The minimum atomic E-state index is -0.923. The summed E-state index contributed by atoms with van der Waals surface area (Å²) >= 11 is 0. The van der Waals surface area contributed by atoms with Crippen molar-refractivity contribution in [1.29, 1.82) is 0 Å². The van der Waals surface area contributed by atoms with Crippen molar-refractivity contribution in [2.45, 2.75) is 40.0 Å². The van der Waals surface area contributed by atoms with Gasteiger partial charge in [-0.1, -0.05) is 20.8 Å². The molecule has 0 aromatic carbocycles. The summed E-state index contributed by atoms with van der Waals surface area (Å²) in [6.07, 6.45) is 2.57. The second-order valence-electron chi connectivity index (χ2n) is 5.22. The molecule has 1 aromatic rings. The van der Waals surface area contributed by atoms with Crippen molar-refractivity contribution in [2.75, 3.05) is 11.9 Å². The van der Waals surface area contributed by atoms with Gasteiger partial charge in [0.1, 0.15) is 5.56 Å². The van der Waals surface area contributed by atoms with Gasteiger partial charge in [0, 0.05) is 6.54 Å². The summed E-state index contributed by atoms with van der Waals surface area (Å²) < 4.78 is 0. The Balaban J connectivity index is 2.28. The number of aromatic carboxylic acids is 1. The van der Waals surface area contributed by atoms with Crippen LogP contribution < -0.4 is 5.32 Å². The first-order valence-corrected chi connectivity index (χ1v) is 6.94. The molecule has 5 nitrogen and oxygen atoms in total. The zero-order valence-electron chi connectivity index (χ0n) is 11.7. The van der Waals surface area contributed by atoms with E-state index in [1.807, 2.05) is 13.8 Å². The summed E-state index contributed by atoms with van der Waals surface area (Å²) in [5, 5.41) is 20.8. The first kappa shape index (κ1) is 13.8. The number of rotatable bonds is 6. The second kappa shape index (κ2) is 5.55. The Bertz CT molecular complexity index is 488. The smallest absolute Gasteiger partial charge is 0.339 e. The Labute approximate surface area is 113 Å². The van der Waals surface area contributed by atoms with Crippen molar-refractivity contribution in [3.05, 3.63) is 16.8 Å². The predicted molar refractivity (Wildman–Crippen MR) is 73.5 cm³/mol. The lowest BCUT2D eigenvalue weighted by molar-refractivity contribution is 0.0696. The van der Waals surface area contributed by atoms with Gasteiger partial charge in [-0.15, -0.1) is 5.10 Å². The Kier molecular flexibility index (Phi) is 4.02. The second-order valence-corrected chi connectivity index (χ2v) is 5.22. The van der Waals surface area contributed by atoms with E-state index in [0.717, 1.165) is 23.7 Å². The van der Waals surface area contributed by atoms with Crippen LogP contribution in [0.2, 0.25) is 0 Å². The third-order valence-electron chi connectivity index (χ3n) is 3.87. The van der Waals surface area contributed by atoms with Gasteiger partial charge < -0.3 is 10.4 Å². The Morgan fingerprint density at radius 2 is 2.05 bits per heavy atom. The van der Waals surface area contributed by atoms with Gasteiger partial charge in [-0.3, -0.25) is 0 Å².